The summed E-state index contributed by atoms with van der Waals surface area (Å²) in [5.74, 6) is 0. The zero-order chi connectivity index (χ0) is 4.28. The summed E-state index contributed by atoms with van der Waals surface area (Å²) < 4.78 is 0. The van der Waals surface area contributed by atoms with E-state index in [1.165, 1.54) is 0 Å². The molecule has 2 nitrogen and oxygen atoms in total. The van der Waals surface area contributed by atoms with E-state index in [4.69, 9.17) is 0 Å². The van der Waals surface area contributed by atoms with Gasteiger partial charge in [-0.05, 0) is 19.0 Å². The smallest absolute Gasteiger partial charge is 0.0562 e. The summed E-state index contributed by atoms with van der Waals surface area (Å²) in [7, 11) is 0. The van der Waals surface area contributed by atoms with Crippen molar-refractivity contribution in [1.82, 2.24) is 0 Å². The Labute approximate surface area is 31.1 Å². The molecule has 0 spiro atoms. The van der Waals surface area contributed by atoms with Crippen molar-refractivity contribution in [3.8, 4) is 0 Å². The first-order valence-electron chi connectivity index (χ1n) is 1.41. The van der Waals surface area contributed by atoms with E-state index in [2.05, 4.69) is 5.16 Å². The van der Waals surface area contributed by atoms with E-state index in [1.807, 2.05) is 0 Å². The van der Waals surface area contributed by atoms with Gasteiger partial charge in [0.1, 0.15) is 0 Å². The van der Waals surface area contributed by atoms with E-state index in [9.17, 15) is 5.21 Å². The molecule has 0 aromatic heterocycles. The van der Waals surface area contributed by atoms with Crippen molar-refractivity contribution >= 4 is 5.71 Å². The largest absolute Gasteiger partial charge is 0.146 e. The average molecular weight is 72.1 g/mol. The van der Waals surface area contributed by atoms with Gasteiger partial charge in [-0.25, -0.2) is 0 Å². The van der Waals surface area contributed by atoms with Gasteiger partial charge in [0.15, 0.2) is 0 Å². The van der Waals surface area contributed by atoms with Gasteiger partial charge in [-0.1, -0.05) is 0 Å². The Morgan fingerprint density at radius 3 is 1.80 bits per heavy atom. The molecule has 0 bridgehead atoms. The van der Waals surface area contributed by atoms with Crippen LogP contribution in [0.1, 0.15) is 13.8 Å². The molecule has 0 saturated heterocycles. The summed E-state index contributed by atoms with van der Waals surface area (Å²) in [5, 5.41) is 11.8. The van der Waals surface area contributed by atoms with E-state index in [0.29, 0.717) is 5.71 Å². The molecular formula is C3H6NO. The topological polar surface area (TPSA) is 32.3 Å². The minimum atomic E-state index is 0.574. The molecule has 0 rings (SSSR count). The fourth-order valence-electron chi connectivity index (χ4n) is 0. The Morgan fingerprint density at radius 2 is 1.80 bits per heavy atom. The van der Waals surface area contributed by atoms with Crippen molar-refractivity contribution in [3.05, 3.63) is 0 Å². The Morgan fingerprint density at radius 1 is 1.60 bits per heavy atom. The van der Waals surface area contributed by atoms with Crippen LogP contribution >= 0.6 is 0 Å². The summed E-state index contributed by atoms with van der Waals surface area (Å²) >= 11 is 0. The highest BCUT2D eigenvalue weighted by molar-refractivity contribution is 5.78. The molecule has 2 heteroatoms. The summed E-state index contributed by atoms with van der Waals surface area (Å²) in [6, 6.07) is 0. The Hall–Kier alpha value is -0.530. The maximum atomic E-state index is 9.22. The highest BCUT2D eigenvalue weighted by Crippen LogP contribution is 1.64. The van der Waals surface area contributed by atoms with Crippen LogP contribution in [0, 0.1) is 0 Å². The van der Waals surface area contributed by atoms with Gasteiger partial charge in [0.25, 0.3) is 0 Å². The van der Waals surface area contributed by atoms with Gasteiger partial charge in [-0.2, -0.15) is 0 Å². The minimum absolute atomic E-state index is 0.574. The fourth-order valence-corrected chi connectivity index (χ4v) is 0. The maximum absolute atomic E-state index is 9.22. The number of rotatable bonds is 0. The van der Waals surface area contributed by atoms with E-state index in [1.54, 1.807) is 13.8 Å². The Balaban J connectivity index is 3.14. The van der Waals surface area contributed by atoms with Crippen LogP contribution in [0.25, 0.3) is 0 Å². The molecule has 0 saturated carbocycles. The Kier molecular flexibility index (Phi) is 1.57. The van der Waals surface area contributed by atoms with Gasteiger partial charge in [0.2, 0.25) is 0 Å². The lowest BCUT2D eigenvalue weighted by Crippen LogP contribution is -1.73. The molecule has 0 heterocycles. The van der Waals surface area contributed by atoms with E-state index < -0.39 is 0 Å². The molecule has 5 heavy (non-hydrogen) atoms. The quantitative estimate of drug-likeness (QED) is 0.299. The van der Waals surface area contributed by atoms with E-state index in [-0.39, 0.29) is 0 Å². The molecule has 1 radical (unpaired) electrons. The van der Waals surface area contributed by atoms with Gasteiger partial charge in [0.05, 0.1) is 5.71 Å². The third kappa shape index (κ3) is 3.47. The zero-order valence-corrected chi connectivity index (χ0v) is 3.36. The van der Waals surface area contributed by atoms with E-state index >= 15 is 0 Å². The van der Waals surface area contributed by atoms with Crippen molar-refractivity contribution in [2.45, 2.75) is 13.8 Å². The second-order valence-corrected chi connectivity index (χ2v) is 1.04. The molecule has 29 valence electrons. The average Bonchev–Trinajstić information content (AvgIpc) is 1.38. The minimum Gasteiger partial charge on any atom is -0.146 e. The monoisotopic (exact) mass is 72.0 g/mol. The van der Waals surface area contributed by atoms with Crippen molar-refractivity contribution < 1.29 is 5.21 Å². The lowest BCUT2D eigenvalue weighted by Gasteiger charge is -1.67. The molecule has 0 N–H and O–H groups in total. The van der Waals surface area contributed by atoms with Gasteiger partial charge in [-0.3, -0.25) is 0 Å². The zero-order valence-electron chi connectivity index (χ0n) is 3.36. The van der Waals surface area contributed by atoms with Crippen LogP contribution in [0.15, 0.2) is 5.16 Å². The van der Waals surface area contributed by atoms with Gasteiger partial charge < -0.3 is 0 Å². The first kappa shape index (κ1) is 4.47. The van der Waals surface area contributed by atoms with Crippen LogP contribution in [0.3, 0.4) is 0 Å². The predicted octanol–water partition coefficient (Wildman–Crippen LogP) is 0.813. The molecule has 0 aliphatic rings. The molecule has 0 aromatic carbocycles. The van der Waals surface area contributed by atoms with Crippen molar-refractivity contribution in [2.75, 3.05) is 0 Å². The van der Waals surface area contributed by atoms with Crippen molar-refractivity contribution in [1.29, 1.82) is 0 Å². The normalized spacial score (nSPS) is 6.80. The number of hydrogen-bond acceptors (Lipinski definition) is 1. The molecule has 0 unspecified atom stereocenters. The van der Waals surface area contributed by atoms with Crippen LogP contribution in [0.2, 0.25) is 0 Å². The third-order valence-electron chi connectivity index (χ3n) is 0.183. The maximum Gasteiger partial charge on any atom is 0.0562 e. The second kappa shape index (κ2) is 1.76. The van der Waals surface area contributed by atoms with E-state index in [0.717, 1.165) is 0 Å². The lowest BCUT2D eigenvalue weighted by atomic mass is 10.5. The second-order valence-electron chi connectivity index (χ2n) is 1.04. The molecule has 0 aliphatic carbocycles. The molecule has 0 aliphatic heterocycles. The lowest BCUT2D eigenvalue weighted by molar-refractivity contribution is 0.209. The van der Waals surface area contributed by atoms with Crippen LogP contribution in [0.4, 0.5) is 0 Å². The summed E-state index contributed by atoms with van der Waals surface area (Å²) in [5.41, 5.74) is 0.574. The molecule has 0 amide bonds. The summed E-state index contributed by atoms with van der Waals surface area (Å²) in [4.78, 5) is 0. The molecular weight excluding hydrogens is 66.0 g/mol. The number of nitrogens with zero attached hydrogens (tertiary/aromatic N) is 1. The van der Waals surface area contributed by atoms with Crippen LogP contribution in [0.5, 0.6) is 0 Å². The highest BCUT2D eigenvalue weighted by atomic mass is 16.4. The molecule has 0 aromatic rings. The first-order valence-corrected chi connectivity index (χ1v) is 1.41. The highest BCUT2D eigenvalue weighted by Gasteiger charge is 1.67. The summed E-state index contributed by atoms with van der Waals surface area (Å²) in [6.45, 7) is 3.32. The van der Waals surface area contributed by atoms with Crippen molar-refractivity contribution in [3.63, 3.8) is 0 Å². The number of hydrogen-bond donors (Lipinski definition) is 0. The standard InChI is InChI=1S/C3H6NO/c1-3(2)4-5/h1-2H3. The predicted molar refractivity (Wildman–Crippen MR) is 19.5 cm³/mol. The van der Waals surface area contributed by atoms with Crippen LogP contribution in [-0.2, 0) is 5.21 Å². The molecule has 0 fully saturated rings. The van der Waals surface area contributed by atoms with Gasteiger partial charge >= 0.3 is 0 Å². The third-order valence-corrected chi connectivity index (χ3v) is 0.183. The first-order chi connectivity index (χ1) is 2.27. The Bertz CT molecular complexity index is 44.9. The van der Waals surface area contributed by atoms with Crippen LogP contribution in [-0.4, -0.2) is 5.71 Å². The summed E-state index contributed by atoms with van der Waals surface area (Å²) in [6.07, 6.45) is 0. The van der Waals surface area contributed by atoms with Crippen molar-refractivity contribution in [2.24, 2.45) is 5.16 Å². The molecule has 0 atom stereocenters. The van der Waals surface area contributed by atoms with Gasteiger partial charge in [0, 0.05) is 0 Å². The fraction of sp³-hybridized carbons (Fsp3) is 0.667. The SMILES string of the molecule is CC(C)=N[O]. The van der Waals surface area contributed by atoms with Crippen LogP contribution < -0.4 is 0 Å². The van der Waals surface area contributed by atoms with Gasteiger partial charge in [-0.15, -0.1) is 5.21 Å².